The Hall–Kier alpha value is -0.290. The van der Waals surface area contributed by atoms with Crippen molar-refractivity contribution in [3.63, 3.8) is 0 Å². The molecule has 1 aliphatic heterocycles. The predicted molar refractivity (Wildman–Crippen MR) is 47.1 cm³/mol. The van der Waals surface area contributed by atoms with Crippen molar-refractivity contribution in [3.05, 3.63) is 0 Å². The van der Waals surface area contributed by atoms with E-state index < -0.39 is 18.3 Å². The molecular formula is C9H16F3NO. The molecule has 3 atom stereocenters. The summed E-state index contributed by atoms with van der Waals surface area (Å²) < 4.78 is 42.9. The molecule has 0 bridgehead atoms. The summed E-state index contributed by atoms with van der Waals surface area (Å²) in [6.07, 6.45) is -3.79. The predicted octanol–water partition coefficient (Wildman–Crippen LogP) is 2.09. The SMILES string of the molecule is CCNC(C1CCC(C)O1)C(F)(F)F. The lowest BCUT2D eigenvalue weighted by molar-refractivity contribution is -0.182. The van der Waals surface area contributed by atoms with E-state index in [2.05, 4.69) is 5.32 Å². The van der Waals surface area contributed by atoms with Crippen molar-refractivity contribution in [2.75, 3.05) is 6.54 Å². The molecular weight excluding hydrogens is 195 g/mol. The van der Waals surface area contributed by atoms with E-state index >= 15 is 0 Å². The van der Waals surface area contributed by atoms with Crippen molar-refractivity contribution in [2.45, 2.75) is 51.1 Å². The fraction of sp³-hybridized carbons (Fsp3) is 1.00. The van der Waals surface area contributed by atoms with Gasteiger partial charge in [-0.05, 0) is 26.3 Å². The zero-order chi connectivity index (χ0) is 10.8. The van der Waals surface area contributed by atoms with E-state index in [0.29, 0.717) is 19.4 Å². The van der Waals surface area contributed by atoms with Gasteiger partial charge < -0.3 is 10.1 Å². The Balaban J connectivity index is 2.59. The monoisotopic (exact) mass is 211 g/mol. The highest BCUT2D eigenvalue weighted by Gasteiger charge is 2.46. The van der Waals surface area contributed by atoms with Crippen molar-refractivity contribution in [3.8, 4) is 0 Å². The third kappa shape index (κ3) is 2.85. The highest BCUT2D eigenvalue weighted by atomic mass is 19.4. The van der Waals surface area contributed by atoms with Crippen LogP contribution in [0, 0.1) is 0 Å². The second-order valence-electron chi connectivity index (χ2n) is 3.64. The van der Waals surface area contributed by atoms with E-state index in [1.165, 1.54) is 0 Å². The summed E-state index contributed by atoms with van der Waals surface area (Å²) in [5, 5.41) is 2.44. The summed E-state index contributed by atoms with van der Waals surface area (Å²) in [5.41, 5.74) is 0. The van der Waals surface area contributed by atoms with Gasteiger partial charge in [-0.1, -0.05) is 6.92 Å². The molecule has 0 aromatic carbocycles. The number of likely N-dealkylation sites (N-methyl/N-ethyl adjacent to an activating group) is 1. The van der Waals surface area contributed by atoms with Crippen LogP contribution in [0.15, 0.2) is 0 Å². The zero-order valence-electron chi connectivity index (χ0n) is 8.40. The highest BCUT2D eigenvalue weighted by molar-refractivity contribution is 4.87. The zero-order valence-corrected chi connectivity index (χ0v) is 8.40. The normalized spacial score (nSPS) is 30.6. The van der Waals surface area contributed by atoms with Crippen LogP contribution in [0.3, 0.4) is 0 Å². The maximum absolute atomic E-state index is 12.5. The van der Waals surface area contributed by atoms with Crippen LogP contribution in [0.2, 0.25) is 0 Å². The number of alkyl halides is 3. The highest BCUT2D eigenvalue weighted by Crippen LogP contribution is 2.30. The van der Waals surface area contributed by atoms with Gasteiger partial charge in [0.2, 0.25) is 0 Å². The van der Waals surface area contributed by atoms with E-state index in [9.17, 15) is 13.2 Å². The molecule has 2 nitrogen and oxygen atoms in total. The van der Waals surface area contributed by atoms with E-state index in [4.69, 9.17) is 4.74 Å². The van der Waals surface area contributed by atoms with Crippen molar-refractivity contribution in [1.29, 1.82) is 0 Å². The van der Waals surface area contributed by atoms with Crippen molar-refractivity contribution in [1.82, 2.24) is 5.32 Å². The fourth-order valence-electron chi connectivity index (χ4n) is 1.76. The summed E-state index contributed by atoms with van der Waals surface area (Å²) in [4.78, 5) is 0. The summed E-state index contributed by atoms with van der Waals surface area (Å²) in [6, 6.07) is -1.52. The van der Waals surface area contributed by atoms with Crippen LogP contribution < -0.4 is 5.32 Å². The molecule has 0 aromatic rings. The average molecular weight is 211 g/mol. The maximum Gasteiger partial charge on any atom is 0.406 e. The molecule has 1 N–H and O–H groups in total. The minimum Gasteiger partial charge on any atom is -0.373 e. The lowest BCUT2D eigenvalue weighted by atomic mass is 10.1. The molecule has 0 amide bonds. The number of hydrogen-bond donors (Lipinski definition) is 1. The molecule has 1 heterocycles. The Bertz CT molecular complexity index is 183. The molecule has 1 rings (SSSR count). The topological polar surface area (TPSA) is 21.3 Å². The summed E-state index contributed by atoms with van der Waals surface area (Å²) >= 11 is 0. The van der Waals surface area contributed by atoms with Gasteiger partial charge in [-0.15, -0.1) is 0 Å². The van der Waals surface area contributed by atoms with Crippen LogP contribution in [0.4, 0.5) is 13.2 Å². The Kier molecular flexibility index (Phi) is 3.78. The molecule has 84 valence electrons. The van der Waals surface area contributed by atoms with Gasteiger partial charge in [-0.25, -0.2) is 0 Å². The third-order valence-corrected chi connectivity index (χ3v) is 2.41. The lowest BCUT2D eigenvalue weighted by Gasteiger charge is -2.26. The second kappa shape index (κ2) is 4.49. The fourth-order valence-corrected chi connectivity index (χ4v) is 1.76. The minimum atomic E-state index is -4.22. The molecule has 1 aliphatic rings. The number of hydrogen-bond acceptors (Lipinski definition) is 2. The largest absolute Gasteiger partial charge is 0.406 e. The minimum absolute atomic E-state index is 0.0523. The van der Waals surface area contributed by atoms with E-state index in [1.54, 1.807) is 13.8 Å². The Morgan fingerprint density at radius 2 is 2.07 bits per heavy atom. The van der Waals surface area contributed by atoms with Crippen molar-refractivity contribution in [2.24, 2.45) is 0 Å². The van der Waals surface area contributed by atoms with Crippen LogP contribution in [-0.2, 0) is 4.74 Å². The molecule has 1 saturated heterocycles. The van der Waals surface area contributed by atoms with Gasteiger partial charge in [0.25, 0.3) is 0 Å². The third-order valence-electron chi connectivity index (χ3n) is 2.41. The van der Waals surface area contributed by atoms with Gasteiger partial charge in [-0.3, -0.25) is 0 Å². The average Bonchev–Trinajstić information content (AvgIpc) is 2.45. The number of rotatable bonds is 3. The molecule has 5 heteroatoms. The van der Waals surface area contributed by atoms with Crippen LogP contribution >= 0.6 is 0 Å². The van der Waals surface area contributed by atoms with E-state index in [-0.39, 0.29) is 6.10 Å². The molecule has 0 radical (unpaired) electrons. The molecule has 0 aliphatic carbocycles. The number of halogens is 3. The van der Waals surface area contributed by atoms with Gasteiger partial charge in [0.05, 0.1) is 12.2 Å². The van der Waals surface area contributed by atoms with Crippen LogP contribution in [0.25, 0.3) is 0 Å². The first kappa shape index (κ1) is 11.8. The second-order valence-corrected chi connectivity index (χ2v) is 3.64. The first-order valence-electron chi connectivity index (χ1n) is 4.90. The smallest absolute Gasteiger partial charge is 0.373 e. The van der Waals surface area contributed by atoms with Gasteiger partial charge >= 0.3 is 6.18 Å². The lowest BCUT2D eigenvalue weighted by Crippen LogP contribution is -2.50. The van der Waals surface area contributed by atoms with Gasteiger partial charge in [-0.2, -0.15) is 13.2 Å². The van der Waals surface area contributed by atoms with Crippen molar-refractivity contribution < 1.29 is 17.9 Å². The molecule has 3 unspecified atom stereocenters. The quantitative estimate of drug-likeness (QED) is 0.771. The summed E-state index contributed by atoms with van der Waals surface area (Å²) in [5.74, 6) is 0. The molecule has 0 spiro atoms. The molecule has 0 aromatic heterocycles. The molecule has 1 fully saturated rings. The van der Waals surface area contributed by atoms with Crippen LogP contribution in [0.1, 0.15) is 26.7 Å². The molecule has 14 heavy (non-hydrogen) atoms. The summed E-state index contributed by atoms with van der Waals surface area (Å²) in [7, 11) is 0. The number of nitrogens with one attached hydrogen (secondary N) is 1. The Labute approximate surface area is 81.8 Å². The van der Waals surface area contributed by atoms with E-state index in [1.807, 2.05) is 0 Å². The van der Waals surface area contributed by atoms with Gasteiger partial charge in [0, 0.05) is 0 Å². The van der Waals surface area contributed by atoms with Crippen LogP contribution in [-0.4, -0.2) is 31.0 Å². The first-order chi connectivity index (χ1) is 6.45. The summed E-state index contributed by atoms with van der Waals surface area (Å²) in [6.45, 7) is 3.77. The van der Waals surface area contributed by atoms with Crippen molar-refractivity contribution >= 4 is 0 Å². The standard InChI is InChI=1S/C9H16F3NO/c1-3-13-8(9(10,11)12)7-5-4-6(2)14-7/h6-8,13H,3-5H2,1-2H3. The number of ether oxygens (including phenoxy) is 1. The Morgan fingerprint density at radius 3 is 2.43 bits per heavy atom. The Morgan fingerprint density at radius 1 is 1.43 bits per heavy atom. The van der Waals surface area contributed by atoms with Gasteiger partial charge in [0.1, 0.15) is 6.04 Å². The maximum atomic E-state index is 12.5. The van der Waals surface area contributed by atoms with Gasteiger partial charge in [0.15, 0.2) is 0 Å². The first-order valence-corrected chi connectivity index (χ1v) is 4.90. The van der Waals surface area contributed by atoms with Crippen LogP contribution in [0.5, 0.6) is 0 Å². The van der Waals surface area contributed by atoms with E-state index in [0.717, 1.165) is 0 Å². The molecule has 0 saturated carbocycles.